The van der Waals surface area contributed by atoms with Crippen LogP contribution < -0.4 is 5.32 Å². The Labute approximate surface area is 189 Å². The van der Waals surface area contributed by atoms with Crippen LogP contribution in [0.25, 0.3) is 0 Å². The molecular weight excluding hydrogens is 482 g/mol. The minimum Gasteiger partial charge on any atom is -0.352 e. The van der Waals surface area contributed by atoms with Gasteiger partial charge in [0.05, 0.1) is 0 Å². The van der Waals surface area contributed by atoms with Gasteiger partial charge in [0, 0.05) is 46.7 Å². The molecule has 0 saturated carbocycles. The van der Waals surface area contributed by atoms with E-state index < -0.39 is 0 Å². The normalized spacial score (nSPS) is 14.0. The molecule has 0 radical (unpaired) electrons. The molecule has 0 atom stereocenters. The van der Waals surface area contributed by atoms with Gasteiger partial charge in [-0.15, -0.1) is 24.0 Å². The molecule has 1 fully saturated rings. The lowest BCUT2D eigenvalue weighted by molar-refractivity contribution is -0.128. The third-order valence-electron chi connectivity index (χ3n) is 4.92. The number of nitrogens with one attached hydrogen (secondary N) is 1. The lowest BCUT2D eigenvalue weighted by Gasteiger charge is -2.22. The van der Waals surface area contributed by atoms with Gasteiger partial charge in [-0.2, -0.15) is 0 Å². The van der Waals surface area contributed by atoms with E-state index in [4.69, 9.17) is 0 Å². The van der Waals surface area contributed by atoms with Crippen LogP contribution in [0, 0.1) is 5.82 Å². The van der Waals surface area contributed by atoms with E-state index in [0.717, 1.165) is 35.6 Å². The third kappa shape index (κ3) is 6.69. The fraction of sp³-hybridized carbons (Fsp3) is 0.364. The number of rotatable bonds is 6. The van der Waals surface area contributed by atoms with E-state index in [0.29, 0.717) is 26.1 Å². The van der Waals surface area contributed by atoms with Gasteiger partial charge >= 0.3 is 0 Å². The lowest BCUT2D eigenvalue weighted by atomic mass is 10.1. The Morgan fingerprint density at radius 1 is 1.10 bits per heavy atom. The van der Waals surface area contributed by atoms with E-state index in [9.17, 15) is 9.18 Å². The number of hydrogen-bond donors (Lipinski definition) is 1. The number of likely N-dealkylation sites (tertiary alicyclic amines) is 1. The fourth-order valence-electron chi connectivity index (χ4n) is 3.36. The zero-order valence-corrected chi connectivity index (χ0v) is 19.2. The number of guanidine groups is 1. The van der Waals surface area contributed by atoms with Crippen molar-refractivity contribution >= 4 is 35.8 Å². The van der Waals surface area contributed by atoms with Gasteiger partial charge in [-0.25, -0.2) is 4.39 Å². The Morgan fingerprint density at radius 2 is 1.72 bits per heavy atom. The van der Waals surface area contributed by atoms with Gasteiger partial charge in [-0.3, -0.25) is 9.79 Å². The predicted molar refractivity (Wildman–Crippen MR) is 125 cm³/mol. The summed E-state index contributed by atoms with van der Waals surface area (Å²) in [5.41, 5.74) is 3.32. The first-order valence-electron chi connectivity index (χ1n) is 9.57. The van der Waals surface area contributed by atoms with Crippen LogP contribution in [-0.2, 0) is 24.4 Å². The number of halogens is 2. The Morgan fingerprint density at radius 3 is 2.31 bits per heavy atom. The first-order chi connectivity index (χ1) is 13.5. The summed E-state index contributed by atoms with van der Waals surface area (Å²) in [6.45, 7) is 2.85. The average molecular weight is 510 g/mol. The maximum Gasteiger partial charge on any atom is 0.222 e. The molecular formula is C22H28FIN4O. The molecule has 29 heavy (non-hydrogen) atoms. The fourth-order valence-corrected chi connectivity index (χ4v) is 3.36. The summed E-state index contributed by atoms with van der Waals surface area (Å²) < 4.78 is 13.0. The third-order valence-corrected chi connectivity index (χ3v) is 4.92. The van der Waals surface area contributed by atoms with Crippen molar-refractivity contribution in [2.24, 2.45) is 4.99 Å². The summed E-state index contributed by atoms with van der Waals surface area (Å²) in [4.78, 5) is 20.0. The molecule has 0 unspecified atom stereocenters. The van der Waals surface area contributed by atoms with E-state index >= 15 is 0 Å². The van der Waals surface area contributed by atoms with Gasteiger partial charge in [0.25, 0.3) is 0 Å². The minimum absolute atomic E-state index is 0. The van der Waals surface area contributed by atoms with Gasteiger partial charge in [0.1, 0.15) is 5.82 Å². The van der Waals surface area contributed by atoms with Gasteiger partial charge in [0.15, 0.2) is 5.96 Å². The van der Waals surface area contributed by atoms with E-state index in [-0.39, 0.29) is 35.7 Å². The molecule has 7 heteroatoms. The standard InChI is InChI=1S/C22H27FN4O.HI/c1-24-22(26(2)15-18-9-11-20(23)12-10-18)25-14-17-5-7-19(8-6-17)16-27-13-3-4-21(27)28;/h5-12H,3-4,13-16H2,1-2H3,(H,24,25);1H. The molecule has 1 heterocycles. The SMILES string of the molecule is CN=C(NCc1ccc(CN2CCCC2=O)cc1)N(C)Cc1ccc(F)cc1.I. The van der Waals surface area contributed by atoms with Gasteiger partial charge in [-0.1, -0.05) is 36.4 Å². The molecule has 0 bridgehead atoms. The molecule has 2 aromatic rings. The van der Waals surface area contributed by atoms with Crippen LogP contribution in [0.4, 0.5) is 4.39 Å². The van der Waals surface area contributed by atoms with Gasteiger partial charge < -0.3 is 15.1 Å². The first kappa shape index (κ1) is 23.1. The number of amides is 1. The summed E-state index contributed by atoms with van der Waals surface area (Å²) in [6.07, 6.45) is 1.64. The van der Waals surface area contributed by atoms with Crippen LogP contribution >= 0.6 is 24.0 Å². The van der Waals surface area contributed by atoms with Crippen molar-refractivity contribution in [1.82, 2.24) is 15.1 Å². The number of hydrogen-bond acceptors (Lipinski definition) is 2. The Hall–Kier alpha value is -2.16. The molecule has 156 valence electrons. The smallest absolute Gasteiger partial charge is 0.222 e. The highest BCUT2D eigenvalue weighted by atomic mass is 127. The molecule has 0 aliphatic carbocycles. The highest BCUT2D eigenvalue weighted by molar-refractivity contribution is 14.0. The first-order valence-corrected chi connectivity index (χ1v) is 9.57. The molecule has 1 amide bonds. The largest absolute Gasteiger partial charge is 0.352 e. The molecule has 1 N–H and O–H groups in total. The second-order valence-electron chi connectivity index (χ2n) is 7.12. The molecule has 0 aromatic heterocycles. The second-order valence-corrected chi connectivity index (χ2v) is 7.12. The monoisotopic (exact) mass is 510 g/mol. The van der Waals surface area contributed by atoms with Crippen molar-refractivity contribution in [1.29, 1.82) is 0 Å². The molecule has 1 aliphatic heterocycles. The van der Waals surface area contributed by atoms with Crippen LogP contribution in [0.15, 0.2) is 53.5 Å². The average Bonchev–Trinajstić information content (AvgIpc) is 3.10. The van der Waals surface area contributed by atoms with Crippen molar-refractivity contribution in [2.45, 2.75) is 32.5 Å². The van der Waals surface area contributed by atoms with Gasteiger partial charge in [-0.05, 0) is 35.2 Å². The predicted octanol–water partition coefficient (Wildman–Crippen LogP) is 3.77. The molecule has 2 aromatic carbocycles. The summed E-state index contributed by atoms with van der Waals surface area (Å²) in [6, 6.07) is 14.8. The molecule has 1 saturated heterocycles. The molecule has 0 spiro atoms. The number of nitrogens with zero attached hydrogens (tertiary/aromatic N) is 3. The number of carbonyl (C=O) groups excluding carboxylic acids is 1. The molecule has 5 nitrogen and oxygen atoms in total. The van der Waals surface area contributed by atoms with Crippen molar-refractivity contribution in [3.8, 4) is 0 Å². The molecule has 3 rings (SSSR count). The number of carbonyl (C=O) groups is 1. The van der Waals surface area contributed by atoms with Crippen molar-refractivity contribution in [3.05, 3.63) is 71.0 Å². The van der Waals surface area contributed by atoms with Crippen LogP contribution in [0.3, 0.4) is 0 Å². The van der Waals surface area contributed by atoms with Crippen molar-refractivity contribution in [3.63, 3.8) is 0 Å². The highest BCUT2D eigenvalue weighted by Crippen LogP contribution is 2.15. The van der Waals surface area contributed by atoms with E-state index in [1.807, 2.05) is 16.8 Å². The maximum absolute atomic E-state index is 13.0. The van der Waals surface area contributed by atoms with E-state index in [1.54, 1.807) is 19.2 Å². The summed E-state index contributed by atoms with van der Waals surface area (Å²) in [5.74, 6) is 0.793. The Bertz CT molecular complexity index is 824. The van der Waals surface area contributed by atoms with Crippen LogP contribution in [0.2, 0.25) is 0 Å². The van der Waals surface area contributed by atoms with Crippen LogP contribution in [-0.4, -0.2) is 42.3 Å². The zero-order chi connectivity index (χ0) is 19.9. The highest BCUT2D eigenvalue weighted by Gasteiger charge is 2.19. The summed E-state index contributed by atoms with van der Waals surface area (Å²) >= 11 is 0. The zero-order valence-electron chi connectivity index (χ0n) is 16.9. The Balaban J connectivity index is 0.00000300. The summed E-state index contributed by atoms with van der Waals surface area (Å²) in [5, 5.41) is 3.35. The minimum atomic E-state index is -0.230. The van der Waals surface area contributed by atoms with E-state index in [1.165, 1.54) is 12.1 Å². The summed E-state index contributed by atoms with van der Waals surface area (Å²) in [7, 11) is 3.70. The van der Waals surface area contributed by atoms with Crippen molar-refractivity contribution < 1.29 is 9.18 Å². The van der Waals surface area contributed by atoms with Gasteiger partial charge in [0.2, 0.25) is 5.91 Å². The van der Waals surface area contributed by atoms with E-state index in [2.05, 4.69) is 34.6 Å². The number of benzene rings is 2. The quantitative estimate of drug-likeness (QED) is 0.366. The van der Waals surface area contributed by atoms with Crippen molar-refractivity contribution in [2.75, 3.05) is 20.6 Å². The molecule has 1 aliphatic rings. The van der Waals surface area contributed by atoms with Crippen LogP contribution in [0.1, 0.15) is 29.5 Å². The topological polar surface area (TPSA) is 47.9 Å². The second kappa shape index (κ2) is 11.1. The number of aliphatic imine (C=N–C) groups is 1. The Kier molecular flexibility index (Phi) is 8.88. The lowest BCUT2D eigenvalue weighted by Crippen LogP contribution is -2.38. The van der Waals surface area contributed by atoms with Crippen LogP contribution in [0.5, 0.6) is 0 Å². The maximum atomic E-state index is 13.0.